The van der Waals surface area contributed by atoms with Crippen LogP contribution in [0, 0.1) is 19.8 Å². The highest BCUT2D eigenvalue weighted by Gasteiger charge is 2.22. The van der Waals surface area contributed by atoms with Crippen molar-refractivity contribution < 1.29 is 4.79 Å². The molecule has 2 rings (SSSR count). The van der Waals surface area contributed by atoms with Gasteiger partial charge in [0.2, 0.25) is 0 Å². The lowest BCUT2D eigenvalue weighted by molar-refractivity contribution is 0.0977. The van der Waals surface area contributed by atoms with Gasteiger partial charge in [-0.2, -0.15) is 0 Å². The molecular formula is C13H17NO. The smallest absolute Gasteiger partial charge is 0.163 e. The minimum atomic E-state index is 0.274. The van der Waals surface area contributed by atoms with Crippen molar-refractivity contribution in [3.63, 3.8) is 0 Å². The molecule has 1 saturated carbocycles. The molecule has 80 valence electrons. The number of carbonyl (C=O) groups excluding carboxylic acids is 1. The Labute approximate surface area is 90.7 Å². The fourth-order valence-electron chi connectivity index (χ4n) is 1.88. The molecule has 0 aliphatic heterocycles. The Morgan fingerprint density at radius 2 is 1.93 bits per heavy atom. The molecule has 1 aliphatic carbocycles. The molecule has 0 spiro atoms. The van der Waals surface area contributed by atoms with Crippen LogP contribution in [0.15, 0.2) is 12.1 Å². The summed E-state index contributed by atoms with van der Waals surface area (Å²) in [4.78, 5) is 16.1. The van der Waals surface area contributed by atoms with Crippen LogP contribution in [0.3, 0.4) is 0 Å². The molecule has 2 nitrogen and oxygen atoms in total. The van der Waals surface area contributed by atoms with Gasteiger partial charge in [0.25, 0.3) is 0 Å². The van der Waals surface area contributed by atoms with Crippen LogP contribution in [0.4, 0.5) is 0 Å². The monoisotopic (exact) mass is 203 g/mol. The second-order valence-electron chi connectivity index (χ2n) is 4.54. The molecule has 1 aliphatic rings. The summed E-state index contributed by atoms with van der Waals surface area (Å²) in [6.07, 6.45) is 4.41. The van der Waals surface area contributed by atoms with E-state index in [1.807, 2.05) is 26.0 Å². The molecule has 0 atom stereocenters. The summed E-state index contributed by atoms with van der Waals surface area (Å²) in [6, 6.07) is 3.78. The van der Waals surface area contributed by atoms with Gasteiger partial charge in [-0.15, -0.1) is 0 Å². The normalized spacial score (nSPS) is 15.3. The van der Waals surface area contributed by atoms with Crippen LogP contribution >= 0.6 is 0 Å². The summed E-state index contributed by atoms with van der Waals surface area (Å²) >= 11 is 0. The second kappa shape index (κ2) is 4.13. The zero-order chi connectivity index (χ0) is 10.8. The summed E-state index contributed by atoms with van der Waals surface area (Å²) in [7, 11) is 0. The zero-order valence-corrected chi connectivity index (χ0v) is 9.42. The van der Waals surface area contributed by atoms with Gasteiger partial charge in [-0.25, -0.2) is 0 Å². The fraction of sp³-hybridized carbons (Fsp3) is 0.538. The number of nitrogens with zero attached hydrogens (tertiary/aromatic N) is 1. The number of hydrogen-bond acceptors (Lipinski definition) is 2. The Kier molecular flexibility index (Phi) is 2.85. The molecule has 1 heterocycles. The van der Waals surface area contributed by atoms with Crippen molar-refractivity contribution in [3.05, 3.63) is 29.1 Å². The predicted molar refractivity (Wildman–Crippen MR) is 60.0 cm³/mol. The second-order valence-corrected chi connectivity index (χ2v) is 4.54. The van der Waals surface area contributed by atoms with Crippen LogP contribution in [-0.4, -0.2) is 10.8 Å². The van der Waals surface area contributed by atoms with E-state index in [0.717, 1.165) is 29.3 Å². The van der Waals surface area contributed by atoms with Crippen molar-refractivity contribution in [1.82, 2.24) is 4.98 Å². The van der Waals surface area contributed by atoms with Gasteiger partial charge < -0.3 is 0 Å². The molecular weight excluding hydrogens is 186 g/mol. The van der Waals surface area contributed by atoms with Crippen molar-refractivity contribution >= 4 is 5.78 Å². The van der Waals surface area contributed by atoms with Gasteiger partial charge in [-0.1, -0.05) is 12.8 Å². The van der Waals surface area contributed by atoms with Crippen LogP contribution in [-0.2, 0) is 0 Å². The standard InChI is InChI=1S/C13H17NO/c1-9-7-12(8-10(2)14-9)13(15)6-5-11-3-4-11/h7-8,11H,3-6H2,1-2H3. The summed E-state index contributed by atoms with van der Waals surface area (Å²) in [6.45, 7) is 3.87. The van der Waals surface area contributed by atoms with E-state index in [0.29, 0.717) is 6.42 Å². The highest BCUT2D eigenvalue weighted by atomic mass is 16.1. The number of carbonyl (C=O) groups is 1. The average molecular weight is 203 g/mol. The van der Waals surface area contributed by atoms with Gasteiger partial charge in [0.05, 0.1) is 0 Å². The molecule has 1 aromatic heterocycles. The van der Waals surface area contributed by atoms with E-state index in [1.165, 1.54) is 12.8 Å². The number of aryl methyl sites for hydroxylation is 2. The van der Waals surface area contributed by atoms with E-state index in [1.54, 1.807) is 0 Å². The van der Waals surface area contributed by atoms with E-state index in [9.17, 15) is 4.79 Å². The number of Topliss-reactive ketones (excluding diaryl/α,β-unsaturated/α-hetero) is 1. The lowest BCUT2D eigenvalue weighted by atomic mass is 10.0. The Hall–Kier alpha value is -1.18. The number of hydrogen-bond donors (Lipinski definition) is 0. The van der Waals surface area contributed by atoms with Crippen LogP contribution in [0.2, 0.25) is 0 Å². The molecule has 1 aromatic rings. The van der Waals surface area contributed by atoms with E-state index in [4.69, 9.17) is 0 Å². The first-order valence-corrected chi connectivity index (χ1v) is 5.63. The lowest BCUT2D eigenvalue weighted by Gasteiger charge is -2.03. The maximum absolute atomic E-state index is 11.9. The van der Waals surface area contributed by atoms with Gasteiger partial charge in [0.1, 0.15) is 0 Å². The molecule has 0 saturated heterocycles. The Morgan fingerprint density at radius 1 is 1.33 bits per heavy atom. The van der Waals surface area contributed by atoms with Crippen molar-refractivity contribution in [2.45, 2.75) is 39.5 Å². The number of aromatic nitrogens is 1. The summed E-state index contributed by atoms with van der Waals surface area (Å²) in [5.41, 5.74) is 2.70. The van der Waals surface area contributed by atoms with Crippen molar-refractivity contribution in [2.24, 2.45) is 5.92 Å². The Bertz CT molecular complexity index is 360. The van der Waals surface area contributed by atoms with E-state index >= 15 is 0 Å². The Morgan fingerprint density at radius 3 is 2.47 bits per heavy atom. The maximum Gasteiger partial charge on any atom is 0.163 e. The SMILES string of the molecule is Cc1cc(C(=O)CCC2CC2)cc(C)n1. The quantitative estimate of drug-likeness (QED) is 0.704. The van der Waals surface area contributed by atoms with Crippen LogP contribution < -0.4 is 0 Å². The van der Waals surface area contributed by atoms with Crippen molar-refractivity contribution in [1.29, 1.82) is 0 Å². The van der Waals surface area contributed by atoms with E-state index < -0.39 is 0 Å². The first-order chi connectivity index (χ1) is 7.15. The van der Waals surface area contributed by atoms with Gasteiger partial charge >= 0.3 is 0 Å². The molecule has 0 N–H and O–H groups in total. The Balaban J connectivity index is 2.02. The van der Waals surface area contributed by atoms with Crippen LogP contribution in [0.25, 0.3) is 0 Å². The maximum atomic E-state index is 11.9. The molecule has 2 heteroatoms. The van der Waals surface area contributed by atoms with Crippen molar-refractivity contribution in [3.8, 4) is 0 Å². The topological polar surface area (TPSA) is 30.0 Å². The first-order valence-electron chi connectivity index (χ1n) is 5.63. The minimum absolute atomic E-state index is 0.274. The molecule has 1 fully saturated rings. The zero-order valence-electron chi connectivity index (χ0n) is 9.42. The molecule has 0 unspecified atom stereocenters. The summed E-state index contributed by atoms with van der Waals surface area (Å²) in [5, 5.41) is 0. The highest BCUT2D eigenvalue weighted by Crippen LogP contribution is 2.33. The molecule has 0 bridgehead atoms. The van der Waals surface area contributed by atoms with E-state index in [2.05, 4.69) is 4.98 Å². The lowest BCUT2D eigenvalue weighted by Crippen LogP contribution is -2.02. The molecule has 0 aromatic carbocycles. The summed E-state index contributed by atoms with van der Waals surface area (Å²) in [5.74, 6) is 1.11. The largest absolute Gasteiger partial charge is 0.294 e. The third kappa shape index (κ3) is 2.88. The van der Waals surface area contributed by atoms with Gasteiger partial charge in [-0.05, 0) is 38.3 Å². The third-order valence-electron chi connectivity index (χ3n) is 2.88. The number of pyridine rings is 1. The van der Waals surface area contributed by atoms with Crippen LogP contribution in [0.5, 0.6) is 0 Å². The van der Waals surface area contributed by atoms with Crippen LogP contribution in [0.1, 0.15) is 47.4 Å². The van der Waals surface area contributed by atoms with Gasteiger partial charge in [0, 0.05) is 23.4 Å². The van der Waals surface area contributed by atoms with E-state index in [-0.39, 0.29) is 5.78 Å². The predicted octanol–water partition coefficient (Wildman–Crippen LogP) is 3.07. The first kappa shape index (κ1) is 10.3. The van der Waals surface area contributed by atoms with Gasteiger partial charge in [0.15, 0.2) is 5.78 Å². The van der Waals surface area contributed by atoms with Gasteiger partial charge in [-0.3, -0.25) is 9.78 Å². The fourth-order valence-corrected chi connectivity index (χ4v) is 1.88. The highest BCUT2D eigenvalue weighted by molar-refractivity contribution is 5.96. The minimum Gasteiger partial charge on any atom is -0.294 e. The third-order valence-corrected chi connectivity index (χ3v) is 2.88. The number of ketones is 1. The molecule has 0 radical (unpaired) electrons. The van der Waals surface area contributed by atoms with Crippen molar-refractivity contribution in [2.75, 3.05) is 0 Å². The molecule has 15 heavy (non-hydrogen) atoms. The number of rotatable bonds is 4. The molecule has 0 amide bonds. The average Bonchev–Trinajstić information content (AvgIpc) is 2.96. The summed E-state index contributed by atoms with van der Waals surface area (Å²) < 4.78 is 0.